The Morgan fingerprint density at radius 2 is 2.12 bits per heavy atom. The summed E-state index contributed by atoms with van der Waals surface area (Å²) in [5.74, 6) is 1.42. The molecule has 0 amide bonds. The molecule has 0 saturated heterocycles. The molecule has 6 nitrogen and oxygen atoms in total. The number of nitrogens with zero attached hydrogens (tertiary/aromatic N) is 1. The second-order valence-corrected chi connectivity index (χ2v) is 3.46. The first kappa shape index (κ1) is 13.0. The van der Waals surface area contributed by atoms with Gasteiger partial charge in [0.05, 0.1) is 25.9 Å². The van der Waals surface area contributed by atoms with Gasteiger partial charge in [-0.1, -0.05) is 5.16 Å². The number of nitrogens with two attached hydrogens (primary N) is 1. The minimum absolute atomic E-state index is 0.0999. The number of hydrogen-bond donors (Lipinski definition) is 3. The Bertz CT molecular complexity index is 407. The maximum atomic E-state index is 8.56. The highest BCUT2D eigenvalue weighted by atomic mass is 16.5. The normalized spacial score (nSPS) is 13.0. The van der Waals surface area contributed by atoms with Gasteiger partial charge in [-0.25, -0.2) is 0 Å². The van der Waals surface area contributed by atoms with Crippen molar-refractivity contribution in [2.24, 2.45) is 10.9 Å². The van der Waals surface area contributed by atoms with Gasteiger partial charge < -0.3 is 25.7 Å². The Morgan fingerprint density at radius 3 is 2.65 bits per heavy atom. The molecule has 0 heterocycles. The minimum atomic E-state index is -0.303. The third kappa shape index (κ3) is 3.17. The first-order valence-electron chi connectivity index (χ1n) is 5.08. The van der Waals surface area contributed by atoms with Crippen molar-refractivity contribution in [3.8, 4) is 11.5 Å². The van der Waals surface area contributed by atoms with E-state index in [1.807, 2.05) is 0 Å². The van der Waals surface area contributed by atoms with Crippen LogP contribution in [0.15, 0.2) is 23.4 Å². The predicted octanol–water partition coefficient (Wildman–Crippen LogP) is 1.25. The molecule has 94 valence electrons. The molecule has 0 aliphatic rings. The number of hydrogen-bond acceptors (Lipinski definition) is 5. The average Bonchev–Trinajstić information content (AvgIpc) is 2.37. The third-order valence-corrected chi connectivity index (χ3v) is 2.34. The molecule has 0 aromatic heterocycles. The van der Waals surface area contributed by atoms with Gasteiger partial charge in [-0.2, -0.15) is 0 Å². The Labute approximate surface area is 100 Å². The molecule has 1 unspecified atom stereocenters. The SMILES string of the molecule is COc1ccc(NC(C)C(N)=NO)c(OC)c1. The van der Waals surface area contributed by atoms with Crippen molar-refractivity contribution in [3.05, 3.63) is 18.2 Å². The van der Waals surface area contributed by atoms with E-state index in [0.717, 1.165) is 5.69 Å². The second kappa shape index (κ2) is 5.83. The van der Waals surface area contributed by atoms with Crippen LogP contribution in [0.25, 0.3) is 0 Å². The van der Waals surface area contributed by atoms with E-state index in [1.165, 1.54) is 0 Å². The van der Waals surface area contributed by atoms with Crippen molar-refractivity contribution < 1.29 is 14.7 Å². The van der Waals surface area contributed by atoms with Gasteiger partial charge in [-0.15, -0.1) is 0 Å². The molecule has 0 radical (unpaired) electrons. The van der Waals surface area contributed by atoms with E-state index in [2.05, 4.69) is 10.5 Å². The summed E-state index contributed by atoms with van der Waals surface area (Å²) in [4.78, 5) is 0. The smallest absolute Gasteiger partial charge is 0.161 e. The van der Waals surface area contributed by atoms with Crippen molar-refractivity contribution in [3.63, 3.8) is 0 Å². The van der Waals surface area contributed by atoms with Crippen LogP contribution in [0.1, 0.15) is 6.92 Å². The lowest BCUT2D eigenvalue weighted by Gasteiger charge is -2.16. The summed E-state index contributed by atoms with van der Waals surface area (Å²) in [6.07, 6.45) is 0. The summed E-state index contributed by atoms with van der Waals surface area (Å²) in [5.41, 5.74) is 6.23. The van der Waals surface area contributed by atoms with Crippen LogP contribution in [0, 0.1) is 0 Å². The molecule has 1 aromatic rings. The molecule has 0 aliphatic heterocycles. The van der Waals surface area contributed by atoms with Gasteiger partial charge in [0.25, 0.3) is 0 Å². The second-order valence-electron chi connectivity index (χ2n) is 3.46. The number of rotatable bonds is 5. The van der Waals surface area contributed by atoms with Gasteiger partial charge in [0, 0.05) is 6.07 Å². The molecule has 0 fully saturated rings. The Morgan fingerprint density at radius 1 is 1.41 bits per heavy atom. The van der Waals surface area contributed by atoms with Crippen molar-refractivity contribution in [1.29, 1.82) is 0 Å². The highest BCUT2D eigenvalue weighted by Crippen LogP contribution is 2.29. The number of benzene rings is 1. The first-order valence-corrected chi connectivity index (χ1v) is 5.08. The van der Waals surface area contributed by atoms with Crippen molar-refractivity contribution >= 4 is 11.5 Å². The molecule has 0 saturated carbocycles. The van der Waals surface area contributed by atoms with Crippen LogP contribution < -0.4 is 20.5 Å². The quantitative estimate of drug-likeness (QED) is 0.311. The number of anilines is 1. The summed E-state index contributed by atoms with van der Waals surface area (Å²) in [5, 5.41) is 14.6. The minimum Gasteiger partial charge on any atom is -0.497 e. The van der Waals surface area contributed by atoms with E-state index >= 15 is 0 Å². The first-order chi connectivity index (χ1) is 8.12. The van der Waals surface area contributed by atoms with Crippen LogP contribution >= 0.6 is 0 Å². The van der Waals surface area contributed by atoms with Gasteiger partial charge >= 0.3 is 0 Å². The largest absolute Gasteiger partial charge is 0.497 e. The molecule has 1 rings (SSSR count). The molecule has 1 atom stereocenters. The molecule has 1 aromatic carbocycles. The third-order valence-electron chi connectivity index (χ3n) is 2.34. The van der Waals surface area contributed by atoms with E-state index in [9.17, 15) is 0 Å². The van der Waals surface area contributed by atoms with E-state index in [0.29, 0.717) is 11.5 Å². The molecule has 0 aliphatic carbocycles. The predicted molar refractivity (Wildman–Crippen MR) is 66.0 cm³/mol. The Hall–Kier alpha value is -2.11. The van der Waals surface area contributed by atoms with Gasteiger partial charge in [0.2, 0.25) is 0 Å². The van der Waals surface area contributed by atoms with Crippen LogP contribution in [0.5, 0.6) is 11.5 Å². The van der Waals surface area contributed by atoms with Crippen molar-refractivity contribution in [1.82, 2.24) is 0 Å². The fourth-order valence-electron chi connectivity index (χ4n) is 1.31. The van der Waals surface area contributed by atoms with Gasteiger partial charge in [0.1, 0.15) is 11.5 Å². The maximum Gasteiger partial charge on any atom is 0.161 e. The molecule has 17 heavy (non-hydrogen) atoms. The maximum absolute atomic E-state index is 8.56. The number of oxime groups is 1. The van der Waals surface area contributed by atoms with E-state index in [-0.39, 0.29) is 11.9 Å². The summed E-state index contributed by atoms with van der Waals surface area (Å²) < 4.78 is 10.3. The summed E-state index contributed by atoms with van der Waals surface area (Å²) >= 11 is 0. The fraction of sp³-hybridized carbons (Fsp3) is 0.364. The van der Waals surface area contributed by atoms with Crippen LogP contribution in [0.3, 0.4) is 0 Å². The molecular formula is C11H17N3O3. The highest BCUT2D eigenvalue weighted by molar-refractivity contribution is 5.87. The molecule has 6 heteroatoms. The molecule has 4 N–H and O–H groups in total. The van der Waals surface area contributed by atoms with Crippen LogP contribution in [-0.4, -0.2) is 31.3 Å². The Kier molecular flexibility index (Phi) is 4.45. The van der Waals surface area contributed by atoms with E-state index < -0.39 is 0 Å². The zero-order valence-corrected chi connectivity index (χ0v) is 10.1. The average molecular weight is 239 g/mol. The Balaban J connectivity index is 2.91. The number of ether oxygens (including phenoxy) is 2. The lowest BCUT2D eigenvalue weighted by Crippen LogP contribution is -2.33. The lowest BCUT2D eigenvalue weighted by molar-refractivity contribution is 0.316. The number of amidine groups is 1. The van der Waals surface area contributed by atoms with Crippen LogP contribution in [0.2, 0.25) is 0 Å². The van der Waals surface area contributed by atoms with Gasteiger partial charge in [-0.3, -0.25) is 0 Å². The zero-order valence-electron chi connectivity index (χ0n) is 10.1. The standard InChI is InChI=1S/C11H17N3O3/c1-7(11(12)14-15)13-9-5-4-8(16-2)6-10(9)17-3/h4-7,13,15H,1-3H3,(H2,12,14). The summed E-state index contributed by atoms with van der Waals surface area (Å²) in [6, 6.07) is 5.05. The van der Waals surface area contributed by atoms with Gasteiger partial charge in [-0.05, 0) is 19.1 Å². The van der Waals surface area contributed by atoms with Gasteiger partial charge in [0.15, 0.2) is 5.84 Å². The molecule has 0 bridgehead atoms. The molecule has 0 spiro atoms. The van der Waals surface area contributed by atoms with Crippen LogP contribution in [-0.2, 0) is 0 Å². The van der Waals surface area contributed by atoms with Crippen molar-refractivity contribution in [2.45, 2.75) is 13.0 Å². The number of methoxy groups -OCH3 is 2. The highest BCUT2D eigenvalue weighted by Gasteiger charge is 2.11. The monoisotopic (exact) mass is 239 g/mol. The van der Waals surface area contributed by atoms with E-state index in [4.69, 9.17) is 20.4 Å². The fourth-order valence-corrected chi connectivity index (χ4v) is 1.31. The molecular weight excluding hydrogens is 222 g/mol. The topological polar surface area (TPSA) is 89.1 Å². The van der Waals surface area contributed by atoms with E-state index in [1.54, 1.807) is 39.3 Å². The zero-order chi connectivity index (χ0) is 12.8. The lowest BCUT2D eigenvalue weighted by atomic mass is 10.2. The van der Waals surface area contributed by atoms with Crippen molar-refractivity contribution in [2.75, 3.05) is 19.5 Å². The van der Waals surface area contributed by atoms with Crippen LogP contribution in [0.4, 0.5) is 5.69 Å². The summed E-state index contributed by atoms with van der Waals surface area (Å²) in [6.45, 7) is 1.78. The summed E-state index contributed by atoms with van der Waals surface area (Å²) in [7, 11) is 3.15. The number of nitrogens with one attached hydrogen (secondary N) is 1.